The van der Waals surface area contributed by atoms with E-state index in [0.717, 1.165) is 67.3 Å². The van der Waals surface area contributed by atoms with Crippen LogP contribution in [0.25, 0.3) is 11.0 Å². The Morgan fingerprint density at radius 2 is 1.82 bits per heavy atom. The van der Waals surface area contributed by atoms with Gasteiger partial charge < -0.3 is 4.90 Å². The minimum absolute atomic E-state index is 0.0813. The van der Waals surface area contributed by atoms with Crippen LogP contribution in [-0.4, -0.2) is 61.6 Å². The van der Waals surface area contributed by atoms with Crippen LogP contribution in [0, 0.1) is 13.8 Å². The fourth-order valence-electron chi connectivity index (χ4n) is 3.89. The van der Waals surface area contributed by atoms with Crippen LogP contribution in [0.1, 0.15) is 34.2 Å². The summed E-state index contributed by atoms with van der Waals surface area (Å²) in [6.07, 6.45) is 3.65. The first-order chi connectivity index (χ1) is 13.6. The number of carbonyl (C=O) groups is 1. The zero-order chi connectivity index (χ0) is 19.7. The summed E-state index contributed by atoms with van der Waals surface area (Å²) in [4.78, 5) is 26.4. The fraction of sp³-hybridized carbons (Fsp3) is 0.429. The van der Waals surface area contributed by atoms with Gasteiger partial charge in [0.25, 0.3) is 5.91 Å². The van der Waals surface area contributed by atoms with Crippen LogP contribution < -0.4 is 0 Å². The van der Waals surface area contributed by atoms with E-state index in [1.54, 1.807) is 0 Å². The number of hydrogen-bond donors (Lipinski definition) is 0. The Hall–Kier alpha value is -2.80. The van der Waals surface area contributed by atoms with E-state index in [0.29, 0.717) is 0 Å². The zero-order valence-corrected chi connectivity index (χ0v) is 16.7. The van der Waals surface area contributed by atoms with E-state index in [-0.39, 0.29) is 5.91 Å². The van der Waals surface area contributed by atoms with Gasteiger partial charge in [0.2, 0.25) is 0 Å². The molecule has 0 aromatic carbocycles. The first-order valence-corrected chi connectivity index (χ1v) is 9.82. The van der Waals surface area contributed by atoms with Crippen LogP contribution in [-0.2, 0) is 13.1 Å². The number of hydrogen-bond acceptors (Lipinski definition) is 5. The van der Waals surface area contributed by atoms with Crippen LogP contribution in [0.3, 0.4) is 0 Å². The SMILES string of the molecule is CCn1nc(C)c2c(C(=O)N3CCN(Cc4ccncc4)CC3)cc(C)nc21. The minimum atomic E-state index is 0.0813. The molecule has 3 aromatic rings. The van der Waals surface area contributed by atoms with Crippen LogP contribution >= 0.6 is 0 Å². The molecule has 3 aromatic heterocycles. The molecule has 0 N–H and O–H groups in total. The van der Waals surface area contributed by atoms with E-state index in [1.165, 1.54) is 5.56 Å². The molecule has 0 radical (unpaired) electrons. The van der Waals surface area contributed by atoms with Crippen molar-refractivity contribution in [2.45, 2.75) is 33.9 Å². The molecule has 1 saturated heterocycles. The van der Waals surface area contributed by atoms with Crippen LogP contribution in [0.15, 0.2) is 30.6 Å². The van der Waals surface area contributed by atoms with E-state index >= 15 is 0 Å². The van der Waals surface area contributed by atoms with Crippen LogP contribution in [0.5, 0.6) is 0 Å². The van der Waals surface area contributed by atoms with Gasteiger partial charge in [0.05, 0.1) is 16.6 Å². The van der Waals surface area contributed by atoms with Crippen molar-refractivity contribution in [3.8, 4) is 0 Å². The first-order valence-electron chi connectivity index (χ1n) is 9.82. The molecule has 0 atom stereocenters. The van der Waals surface area contributed by atoms with Gasteiger partial charge >= 0.3 is 0 Å². The Labute approximate surface area is 165 Å². The fourth-order valence-corrected chi connectivity index (χ4v) is 3.89. The molecular weight excluding hydrogens is 352 g/mol. The van der Waals surface area contributed by atoms with Gasteiger partial charge in [0.1, 0.15) is 0 Å². The Balaban J connectivity index is 1.52. The number of fused-ring (bicyclic) bond motifs is 1. The summed E-state index contributed by atoms with van der Waals surface area (Å²) in [5.74, 6) is 0.0813. The third-order valence-corrected chi connectivity index (χ3v) is 5.35. The monoisotopic (exact) mass is 378 g/mol. The van der Waals surface area contributed by atoms with Crippen LogP contribution in [0.4, 0.5) is 0 Å². The zero-order valence-electron chi connectivity index (χ0n) is 16.7. The van der Waals surface area contributed by atoms with E-state index < -0.39 is 0 Å². The molecule has 1 aliphatic heterocycles. The van der Waals surface area contributed by atoms with Gasteiger partial charge in [-0.05, 0) is 44.5 Å². The summed E-state index contributed by atoms with van der Waals surface area (Å²) in [6.45, 7) is 10.8. The van der Waals surface area contributed by atoms with E-state index in [1.807, 2.05) is 60.9 Å². The van der Waals surface area contributed by atoms with Gasteiger partial charge in [-0.15, -0.1) is 0 Å². The molecular formula is C21H26N6O. The molecule has 0 unspecified atom stereocenters. The number of rotatable bonds is 4. The normalized spacial score (nSPS) is 15.3. The Morgan fingerprint density at radius 3 is 2.50 bits per heavy atom. The number of amides is 1. The maximum Gasteiger partial charge on any atom is 0.254 e. The Bertz CT molecular complexity index is 989. The molecule has 7 heteroatoms. The molecule has 7 nitrogen and oxygen atoms in total. The molecule has 1 fully saturated rings. The number of carbonyl (C=O) groups excluding carboxylic acids is 1. The lowest BCUT2D eigenvalue weighted by molar-refractivity contribution is 0.0630. The number of aromatic nitrogens is 4. The third kappa shape index (κ3) is 3.49. The molecule has 4 rings (SSSR count). The second-order valence-electron chi connectivity index (χ2n) is 7.33. The quantitative estimate of drug-likeness (QED) is 0.697. The summed E-state index contributed by atoms with van der Waals surface area (Å²) in [5.41, 5.74) is 4.50. The average Bonchev–Trinajstić information content (AvgIpc) is 3.03. The lowest BCUT2D eigenvalue weighted by Gasteiger charge is -2.35. The van der Waals surface area contributed by atoms with Crippen molar-refractivity contribution < 1.29 is 4.79 Å². The summed E-state index contributed by atoms with van der Waals surface area (Å²) in [5, 5.41) is 5.45. The van der Waals surface area contributed by atoms with Crippen molar-refractivity contribution in [2.24, 2.45) is 0 Å². The molecule has 146 valence electrons. The van der Waals surface area contributed by atoms with E-state index in [2.05, 4.69) is 20.0 Å². The molecule has 0 aliphatic carbocycles. The number of aryl methyl sites for hydroxylation is 3. The molecule has 0 bridgehead atoms. The number of pyridine rings is 2. The summed E-state index contributed by atoms with van der Waals surface area (Å²) in [6, 6.07) is 5.99. The minimum Gasteiger partial charge on any atom is -0.336 e. The summed E-state index contributed by atoms with van der Waals surface area (Å²) < 4.78 is 1.88. The van der Waals surface area contributed by atoms with Gasteiger partial charge in [-0.25, -0.2) is 9.67 Å². The molecule has 28 heavy (non-hydrogen) atoms. The van der Waals surface area contributed by atoms with E-state index in [4.69, 9.17) is 0 Å². The largest absolute Gasteiger partial charge is 0.336 e. The maximum absolute atomic E-state index is 13.3. The number of piperazine rings is 1. The van der Waals surface area contributed by atoms with Crippen molar-refractivity contribution >= 4 is 16.9 Å². The van der Waals surface area contributed by atoms with Gasteiger partial charge in [-0.2, -0.15) is 5.10 Å². The van der Waals surface area contributed by atoms with Crippen molar-refractivity contribution in [1.29, 1.82) is 0 Å². The molecule has 4 heterocycles. The molecule has 1 aliphatic rings. The number of nitrogens with zero attached hydrogens (tertiary/aromatic N) is 6. The molecule has 0 saturated carbocycles. The highest BCUT2D eigenvalue weighted by Gasteiger charge is 2.26. The predicted octanol–water partition coefficient (Wildman–Crippen LogP) is 2.42. The van der Waals surface area contributed by atoms with Crippen LogP contribution in [0.2, 0.25) is 0 Å². The highest BCUT2D eigenvalue weighted by Crippen LogP contribution is 2.24. The summed E-state index contributed by atoms with van der Waals surface area (Å²) in [7, 11) is 0. The second kappa shape index (κ2) is 7.67. The molecule has 0 spiro atoms. The Morgan fingerprint density at radius 1 is 1.11 bits per heavy atom. The van der Waals surface area contributed by atoms with Crippen molar-refractivity contribution in [3.63, 3.8) is 0 Å². The highest BCUT2D eigenvalue weighted by molar-refractivity contribution is 6.06. The highest BCUT2D eigenvalue weighted by atomic mass is 16.2. The average molecular weight is 378 g/mol. The third-order valence-electron chi connectivity index (χ3n) is 5.35. The van der Waals surface area contributed by atoms with Gasteiger partial charge in [0, 0.05) is 57.4 Å². The predicted molar refractivity (Wildman–Crippen MR) is 108 cm³/mol. The van der Waals surface area contributed by atoms with Gasteiger partial charge in [-0.1, -0.05) is 0 Å². The smallest absolute Gasteiger partial charge is 0.254 e. The standard InChI is InChI=1S/C21H26N6O/c1-4-27-20-19(16(3)24-27)18(13-15(2)23-20)21(28)26-11-9-25(10-12-26)14-17-5-7-22-8-6-17/h5-8,13H,4,9-12,14H2,1-3H3. The lowest BCUT2D eigenvalue weighted by atomic mass is 10.1. The first kappa shape index (κ1) is 18.6. The van der Waals surface area contributed by atoms with Crippen molar-refractivity contribution in [1.82, 2.24) is 29.5 Å². The van der Waals surface area contributed by atoms with Gasteiger partial charge in [-0.3, -0.25) is 14.7 Å². The summed E-state index contributed by atoms with van der Waals surface area (Å²) >= 11 is 0. The van der Waals surface area contributed by atoms with E-state index in [9.17, 15) is 4.79 Å². The van der Waals surface area contributed by atoms with Crippen molar-refractivity contribution in [2.75, 3.05) is 26.2 Å². The molecule has 1 amide bonds. The topological polar surface area (TPSA) is 67.2 Å². The lowest BCUT2D eigenvalue weighted by Crippen LogP contribution is -2.48. The Kier molecular flexibility index (Phi) is 5.09. The van der Waals surface area contributed by atoms with Crippen molar-refractivity contribution in [3.05, 3.63) is 53.1 Å². The second-order valence-corrected chi connectivity index (χ2v) is 7.33. The maximum atomic E-state index is 13.3. The van der Waals surface area contributed by atoms with Gasteiger partial charge in [0.15, 0.2) is 5.65 Å².